The van der Waals surface area contributed by atoms with Gasteiger partial charge in [0.25, 0.3) is 0 Å². The largest absolute Gasteiger partial charge is 0.316 e. The third kappa shape index (κ3) is 1.75. The fraction of sp³-hybridized carbons (Fsp3) is 0.700. The molecular weight excluding hydrogens is 162 g/mol. The van der Waals surface area contributed by atoms with Gasteiger partial charge in [-0.3, -0.25) is 4.68 Å². The van der Waals surface area contributed by atoms with Gasteiger partial charge in [-0.2, -0.15) is 5.10 Å². The summed E-state index contributed by atoms with van der Waals surface area (Å²) in [6, 6.07) is 2.62. The Balaban J connectivity index is 2.05. The van der Waals surface area contributed by atoms with Crippen LogP contribution < -0.4 is 5.32 Å². The van der Waals surface area contributed by atoms with Crippen molar-refractivity contribution in [3.8, 4) is 0 Å². The van der Waals surface area contributed by atoms with E-state index in [1.165, 1.54) is 25.2 Å². The number of nitrogens with zero attached hydrogens (tertiary/aromatic N) is 2. The molecule has 1 fully saturated rings. The SMILES string of the molecule is CC(C)n1nccc1CC1CNC1. The van der Waals surface area contributed by atoms with Crippen molar-refractivity contribution in [1.29, 1.82) is 0 Å². The molecule has 1 aromatic heterocycles. The summed E-state index contributed by atoms with van der Waals surface area (Å²) in [5.74, 6) is 0.828. The molecule has 2 heterocycles. The predicted octanol–water partition coefficient (Wildman–Crippen LogP) is 1.23. The molecule has 0 saturated carbocycles. The zero-order valence-electron chi connectivity index (χ0n) is 8.33. The molecule has 0 radical (unpaired) electrons. The van der Waals surface area contributed by atoms with Crippen molar-refractivity contribution in [2.45, 2.75) is 26.3 Å². The van der Waals surface area contributed by atoms with E-state index in [1.54, 1.807) is 0 Å². The van der Waals surface area contributed by atoms with Crippen LogP contribution in [0.1, 0.15) is 25.6 Å². The van der Waals surface area contributed by atoms with E-state index in [2.05, 4.69) is 35.0 Å². The average molecular weight is 179 g/mol. The molecule has 0 unspecified atom stereocenters. The summed E-state index contributed by atoms with van der Waals surface area (Å²) >= 11 is 0. The molecule has 1 aliphatic heterocycles. The molecule has 2 rings (SSSR count). The highest BCUT2D eigenvalue weighted by molar-refractivity contribution is 5.04. The lowest BCUT2D eigenvalue weighted by atomic mass is 9.97. The molecule has 0 aliphatic carbocycles. The highest BCUT2D eigenvalue weighted by atomic mass is 15.3. The zero-order valence-corrected chi connectivity index (χ0v) is 8.33. The third-order valence-electron chi connectivity index (χ3n) is 2.61. The predicted molar refractivity (Wildman–Crippen MR) is 52.7 cm³/mol. The minimum Gasteiger partial charge on any atom is -0.316 e. The first-order chi connectivity index (χ1) is 6.27. The molecule has 0 amide bonds. The van der Waals surface area contributed by atoms with Gasteiger partial charge in [0.05, 0.1) is 0 Å². The molecule has 1 aromatic rings. The maximum absolute atomic E-state index is 4.32. The van der Waals surface area contributed by atoms with E-state index in [0.717, 1.165) is 5.92 Å². The fourth-order valence-corrected chi connectivity index (χ4v) is 1.76. The summed E-state index contributed by atoms with van der Waals surface area (Å²) in [5.41, 5.74) is 1.38. The number of hydrogen-bond acceptors (Lipinski definition) is 2. The highest BCUT2D eigenvalue weighted by Crippen LogP contribution is 2.15. The van der Waals surface area contributed by atoms with Crippen molar-refractivity contribution in [3.63, 3.8) is 0 Å². The molecule has 0 bridgehead atoms. The van der Waals surface area contributed by atoms with Crippen molar-refractivity contribution in [2.24, 2.45) is 5.92 Å². The first kappa shape index (κ1) is 8.75. The molecule has 1 aliphatic rings. The van der Waals surface area contributed by atoms with Crippen LogP contribution in [0.15, 0.2) is 12.3 Å². The second-order valence-corrected chi connectivity index (χ2v) is 4.09. The Morgan fingerprint density at radius 1 is 1.62 bits per heavy atom. The van der Waals surface area contributed by atoms with E-state index in [0.29, 0.717) is 6.04 Å². The van der Waals surface area contributed by atoms with Gasteiger partial charge < -0.3 is 5.32 Å². The van der Waals surface area contributed by atoms with E-state index in [9.17, 15) is 0 Å². The van der Waals surface area contributed by atoms with E-state index in [1.807, 2.05) is 6.20 Å². The monoisotopic (exact) mass is 179 g/mol. The van der Waals surface area contributed by atoms with Gasteiger partial charge in [0, 0.05) is 17.9 Å². The number of hydrogen-bond donors (Lipinski definition) is 1. The Morgan fingerprint density at radius 2 is 2.38 bits per heavy atom. The van der Waals surface area contributed by atoms with Gasteiger partial charge in [-0.1, -0.05) is 0 Å². The fourth-order valence-electron chi connectivity index (χ4n) is 1.76. The van der Waals surface area contributed by atoms with Gasteiger partial charge in [-0.15, -0.1) is 0 Å². The van der Waals surface area contributed by atoms with Crippen LogP contribution in [-0.2, 0) is 6.42 Å². The molecule has 0 aromatic carbocycles. The normalized spacial score (nSPS) is 17.8. The van der Waals surface area contributed by atoms with E-state index in [4.69, 9.17) is 0 Å². The van der Waals surface area contributed by atoms with Crippen LogP contribution in [0.3, 0.4) is 0 Å². The van der Waals surface area contributed by atoms with Crippen molar-refractivity contribution in [3.05, 3.63) is 18.0 Å². The van der Waals surface area contributed by atoms with Gasteiger partial charge in [0.2, 0.25) is 0 Å². The van der Waals surface area contributed by atoms with Crippen molar-refractivity contribution < 1.29 is 0 Å². The van der Waals surface area contributed by atoms with Crippen LogP contribution in [0.4, 0.5) is 0 Å². The summed E-state index contributed by atoms with van der Waals surface area (Å²) in [5, 5.41) is 7.62. The highest BCUT2D eigenvalue weighted by Gasteiger charge is 2.19. The van der Waals surface area contributed by atoms with E-state index >= 15 is 0 Å². The van der Waals surface area contributed by atoms with Gasteiger partial charge in [0.1, 0.15) is 0 Å². The first-order valence-electron chi connectivity index (χ1n) is 5.00. The van der Waals surface area contributed by atoms with Crippen molar-refractivity contribution >= 4 is 0 Å². The smallest absolute Gasteiger partial charge is 0.0492 e. The first-order valence-corrected chi connectivity index (χ1v) is 5.00. The number of rotatable bonds is 3. The van der Waals surface area contributed by atoms with Crippen molar-refractivity contribution in [2.75, 3.05) is 13.1 Å². The summed E-state index contributed by atoms with van der Waals surface area (Å²) in [6.07, 6.45) is 3.08. The second kappa shape index (κ2) is 3.50. The minimum absolute atomic E-state index is 0.484. The molecule has 3 nitrogen and oxygen atoms in total. The molecule has 1 saturated heterocycles. The van der Waals surface area contributed by atoms with Crippen LogP contribution in [0.5, 0.6) is 0 Å². The second-order valence-electron chi connectivity index (χ2n) is 4.09. The Kier molecular flexibility index (Phi) is 2.36. The molecule has 3 heteroatoms. The Hall–Kier alpha value is -0.830. The summed E-state index contributed by atoms with van der Waals surface area (Å²) in [4.78, 5) is 0. The average Bonchev–Trinajstić information content (AvgIpc) is 2.44. The molecule has 0 spiro atoms. The van der Waals surface area contributed by atoms with Crippen LogP contribution in [0.2, 0.25) is 0 Å². The Bertz CT molecular complexity index is 273. The number of aromatic nitrogens is 2. The Morgan fingerprint density at radius 3 is 2.92 bits per heavy atom. The van der Waals surface area contributed by atoms with Gasteiger partial charge in [0.15, 0.2) is 0 Å². The summed E-state index contributed by atoms with van der Waals surface area (Å²) in [6.45, 7) is 6.69. The molecule has 72 valence electrons. The topological polar surface area (TPSA) is 29.9 Å². The zero-order chi connectivity index (χ0) is 9.26. The number of nitrogens with one attached hydrogen (secondary N) is 1. The third-order valence-corrected chi connectivity index (χ3v) is 2.61. The van der Waals surface area contributed by atoms with Gasteiger partial charge in [-0.05, 0) is 45.3 Å². The lowest BCUT2D eigenvalue weighted by Crippen LogP contribution is -2.43. The van der Waals surface area contributed by atoms with E-state index in [-0.39, 0.29) is 0 Å². The molecule has 13 heavy (non-hydrogen) atoms. The van der Waals surface area contributed by atoms with Gasteiger partial charge in [-0.25, -0.2) is 0 Å². The molecule has 1 N–H and O–H groups in total. The lowest BCUT2D eigenvalue weighted by Gasteiger charge is -2.27. The van der Waals surface area contributed by atoms with Crippen LogP contribution in [-0.4, -0.2) is 22.9 Å². The van der Waals surface area contributed by atoms with Crippen molar-refractivity contribution in [1.82, 2.24) is 15.1 Å². The van der Waals surface area contributed by atoms with Crippen LogP contribution in [0.25, 0.3) is 0 Å². The quantitative estimate of drug-likeness (QED) is 0.756. The van der Waals surface area contributed by atoms with Crippen LogP contribution >= 0.6 is 0 Å². The maximum Gasteiger partial charge on any atom is 0.0492 e. The summed E-state index contributed by atoms with van der Waals surface area (Å²) < 4.78 is 2.12. The van der Waals surface area contributed by atoms with Crippen LogP contribution in [0, 0.1) is 5.92 Å². The maximum atomic E-state index is 4.32. The molecular formula is C10H17N3. The standard InChI is InChI=1S/C10H17N3/c1-8(2)13-10(3-4-12-13)5-9-6-11-7-9/h3-4,8-9,11H,5-7H2,1-2H3. The Labute approximate surface area is 79.1 Å². The summed E-state index contributed by atoms with van der Waals surface area (Å²) in [7, 11) is 0. The molecule has 0 atom stereocenters. The lowest BCUT2D eigenvalue weighted by molar-refractivity contribution is 0.335. The minimum atomic E-state index is 0.484. The van der Waals surface area contributed by atoms with E-state index < -0.39 is 0 Å². The van der Waals surface area contributed by atoms with Gasteiger partial charge >= 0.3 is 0 Å².